The van der Waals surface area contributed by atoms with Crippen LogP contribution in [0.3, 0.4) is 0 Å². The molecule has 10 heteroatoms. The molecule has 24 heavy (non-hydrogen) atoms. The summed E-state index contributed by atoms with van der Waals surface area (Å²) in [6.07, 6.45) is -0.939. The number of aromatic nitrogens is 2. The molecular formula is C14H21N3O7. The predicted octanol–water partition coefficient (Wildman–Crippen LogP) is 0.737. The molecule has 0 aliphatic heterocycles. The van der Waals surface area contributed by atoms with Gasteiger partial charge in [0.25, 0.3) is 5.56 Å². The van der Waals surface area contributed by atoms with Crippen LogP contribution in [0.1, 0.15) is 26.5 Å². The van der Waals surface area contributed by atoms with Gasteiger partial charge in [-0.2, -0.15) is 0 Å². The summed E-state index contributed by atoms with van der Waals surface area (Å²) in [6.45, 7) is 4.66. The summed E-state index contributed by atoms with van der Waals surface area (Å²) in [5.74, 6) is -2.11. The zero-order valence-electron chi connectivity index (χ0n) is 14.0. The highest BCUT2D eigenvalue weighted by Gasteiger charge is 2.38. The summed E-state index contributed by atoms with van der Waals surface area (Å²) in [6, 6.07) is 1.14. The van der Waals surface area contributed by atoms with E-state index in [9.17, 15) is 14.4 Å². The minimum absolute atomic E-state index is 0.0441. The lowest BCUT2D eigenvalue weighted by Crippen LogP contribution is -2.41. The van der Waals surface area contributed by atoms with Gasteiger partial charge in [0.2, 0.25) is 17.6 Å². The number of nitrogens with one attached hydrogen (secondary N) is 2. The van der Waals surface area contributed by atoms with E-state index < -0.39 is 30.0 Å². The third-order valence-corrected chi connectivity index (χ3v) is 2.73. The first-order chi connectivity index (χ1) is 11.4. The molecule has 0 atom stereocenters. The van der Waals surface area contributed by atoms with Crippen LogP contribution in [-0.4, -0.2) is 49.0 Å². The highest BCUT2D eigenvalue weighted by atomic mass is 16.8. The molecule has 0 saturated heterocycles. The number of hydrogen-bond acceptors (Lipinski definition) is 8. The lowest BCUT2D eigenvalue weighted by atomic mass is 10.2. The first kappa shape index (κ1) is 19.6. The molecule has 0 aliphatic rings. The topological polar surface area (TPSA) is 129 Å². The predicted molar refractivity (Wildman–Crippen MR) is 82.4 cm³/mol. The van der Waals surface area contributed by atoms with Gasteiger partial charge >= 0.3 is 6.16 Å². The van der Waals surface area contributed by atoms with Crippen LogP contribution >= 0.6 is 0 Å². The number of ether oxygens (including phenoxy) is 4. The van der Waals surface area contributed by atoms with E-state index in [0.29, 0.717) is 0 Å². The maximum absolute atomic E-state index is 11.9. The van der Waals surface area contributed by atoms with Crippen LogP contribution in [-0.2, 0) is 29.5 Å². The van der Waals surface area contributed by atoms with Gasteiger partial charge in [-0.25, -0.2) is 9.78 Å². The minimum atomic E-state index is -1.61. The zero-order valence-corrected chi connectivity index (χ0v) is 14.0. The van der Waals surface area contributed by atoms with Crippen molar-refractivity contribution < 1.29 is 28.5 Å². The zero-order chi connectivity index (χ0) is 18.2. The second-order valence-electron chi connectivity index (χ2n) is 4.52. The number of nitrogens with zero attached hydrogens (tertiary/aromatic N) is 1. The average Bonchev–Trinajstić information content (AvgIpc) is 2.51. The molecule has 0 spiro atoms. The Morgan fingerprint density at radius 2 is 1.92 bits per heavy atom. The van der Waals surface area contributed by atoms with Crippen molar-refractivity contribution in [3.63, 3.8) is 0 Å². The Kier molecular flexibility index (Phi) is 7.33. The Morgan fingerprint density at radius 3 is 2.42 bits per heavy atom. The highest BCUT2D eigenvalue weighted by Crippen LogP contribution is 2.26. The fourth-order valence-corrected chi connectivity index (χ4v) is 1.90. The molecule has 1 aromatic rings. The van der Waals surface area contributed by atoms with Crippen LogP contribution in [0.5, 0.6) is 0 Å². The number of carbonyl (C=O) groups is 2. The number of rotatable bonds is 8. The van der Waals surface area contributed by atoms with Crippen molar-refractivity contribution in [2.45, 2.75) is 26.6 Å². The maximum Gasteiger partial charge on any atom is 0.508 e. The molecule has 0 saturated carbocycles. The fraction of sp³-hybridized carbons (Fsp3) is 0.571. The summed E-state index contributed by atoms with van der Waals surface area (Å²) >= 11 is 0. The monoisotopic (exact) mass is 343 g/mol. The molecule has 0 fully saturated rings. The van der Waals surface area contributed by atoms with Crippen molar-refractivity contribution in [3.05, 3.63) is 22.1 Å². The van der Waals surface area contributed by atoms with E-state index in [1.165, 1.54) is 6.92 Å². The Morgan fingerprint density at radius 1 is 1.29 bits per heavy atom. The Hall–Kier alpha value is -2.46. The van der Waals surface area contributed by atoms with E-state index in [-0.39, 0.29) is 24.9 Å². The molecule has 1 rings (SSSR count). The Labute approximate surface area is 138 Å². The van der Waals surface area contributed by atoms with Gasteiger partial charge < -0.3 is 18.9 Å². The summed E-state index contributed by atoms with van der Waals surface area (Å²) in [7, 11) is 1.16. The summed E-state index contributed by atoms with van der Waals surface area (Å²) < 4.78 is 20.5. The third-order valence-electron chi connectivity index (χ3n) is 2.73. The largest absolute Gasteiger partial charge is 0.508 e. The number of aromatic amines is 1. The average molecular weight is 343 g/mol. The van der Waals surface area contributed by atoms with E-state index >= 15 is 0 Å². The molecule has 0 aliphatic carbocycles. The molecule has 134 valence electrons. The van der Waals surface area contributed by atoms with E-state index in [2.05, 4.69) is 20.0 Å². The molecular weight excluding hydrogens is 322 g/mol. The normalized spacial score (nSPS) is 11.0. The van der Waals surface area contributed by atoms with Gasteiger partial charge in [0.05, 0.1) is 7.11 Å². The Balaban J connectivity index is 3.30. The van der Waals surface area contributed by atoms with Crippen LogP contribution in [0.15, 0.2) is 10.9 Å². The van der Waals surface area contributed by atoms with Gasteiger partial charge in [0.15, 0.2) is 6.61 Å². The fourth-order valence-electron chi connectivity index (χ4n) is 1.90. The van der Waals surface area contributed by atoms with E-state index in [1.54, 1.807) is 13.8 Å². The van der Waals surface area contributed by atoms with Crippen LogP contribution in [0.4, 0.5) is 10.7 Å². The number of anilines is 1. The Bertz CT molecular complexity index is 623. The van der Waals surface area contributed by atoms with Crippen molar-refractivity contribution in [3.8, 4) is 0 Å². The SMILES string of the molecule is CCOC(COC(=O)OC)(OCC)c1cc(=O)[nH]c(NC(C)=O)n1. The molecule has 1 aromatic heterocycles. The van der Waals surface area contributed by atoms with Crippen LogP contribution in [0.25, 0.3) is 0 Å². The van der Waals surface area contributed by atoms with Crippen molar-refractivity contribution in [1.82, 2.24) is 9.97 Å². The van der Waals surface area contributed by atoms with Gasteiger partial charge in [0.1, 0.15) is 5.69 Å². The minimum Gasteiger partial charge on any atom is -0.438 e. The van der Waals surface area contributed by atoms with Gasteiger partial charge in [-0.05, 0) is 13.8 Å². The smallest absolute Gasteiger partial charge is 0.438 e. The van der Waals surface area contributed by atoms with Gasteiger partial charge in [0, 0.05) is 26.2 Å². The lowest BCUT2D eigenvalue weighted by Gasteiger charge is -2.31. The molecule has 2 N–H and O–H groups in total. The van der Waals surface area contributed by atoms with E-state index in [1.807, 2.05) is 0 Å². The molecule has 0 unspecified atom stereocenters. The number of amides is 1. The second kappa shape index (κ2) is 8.99. The molecule has 0 bridgehead atoms. The number of methoxy groups -OCH3 is 1. The van der Waals surface area contributed by atoms with Crippen molar-refractivity contribution in [2.75, 3.05) is 32.2 Å². The molecule has 1 amide bonds. The highest BCUT2D eigenvalue weighted by molar-refractivity contribution is 5.86. The lowest BCUT2D eigenvalue weighted by molar-refractivity contribution is -0.264. The molecule has 0 aromatic carbocycles. The quantitative estimate of drug-likeness (QED) is 0.522. The second-order valence-corrected chi connectivity index (χ2v) is 4.52. The van der Waals surface area contributed by atoms with Crippen LogP contribution in [0.2, 0.25) is 0 Å². The van der Waals surface area contributed by atoms with E-state index in [4.69, 9.17) is 14.2 Å². The van der Waals surface area contributed by atoms with Crippen LogP contribution < -0.4 is 10.9 Å². The molecule has 1 heterocycles. The first-order valence-corrected chi connectivity index (χ1v) is 7.25. The van der Waals surface area contributed by atoms with Crippen molar-refractivity contribution in [2.24, 2.45) is 0 Å². The summed E-state index contributed by atoms with van der Waals surface area (Å²) in [5.41, 5.74) is -0.492. The first-order valence-electron chi connectivity index (χ1n) is 7.25. The maximum atomic E-state index is 11.9. The standard InChI is InChI=1S/C14H21N3O7/c1-5-23-14(24-6-2,8-22-13(20)21-4)10-7-11(19)17-12(16-10)15-9(3)18/h7H,5-6,8H2,1-4H3,(H2,15,16,17,18,19). The van der Waals surface area contributed by atoms with E-state index in [0.717, 1.165) is 13.2 Å². The molecule has 10 nitrogen and oxygen atoms in total. The summed E-state index contributed by atoms with van der Waals surface area (Å²) in [5, 5.41) is 2.37. The number of H-pyrrole nitrogens is 1. The third kappa shape index (κ3) is 5.32. The van der Waals surface area contributed by atoms with Gasteiger partial charge in [-0.1, -0.05) is 0 Å². The van der Waals surface area contributed by atoms with Gasteiger partial charge in [-0.15, -0.1) is 0 Å². The summed E-state index contributed by atoms with van der Waals surface area (Å²) in [4.78, 5) is 40.8. The molecule has 0 radical (unpaired) electrons. The number of carbonyl (C=O) groups excluding carboxylic acids is 2. The van der Waals surface area contributed by atoms with Crippen molar-refractivity contribution >= 4 is 18.0 Å². The number of hydrogen-bond donors (Lipinski definition) is 2. The van der Waals surface area contributed by atoms with Gasteiger partial charge in [-0.3, -0.25) is 19.9 Å². The van der Waals surface area contributed by atoms with Crippen LogP contribution in [0, 0.1) is 0 Å². The van der Waals surface area contributed by atoms with Crippen molar-refractivity contribution in [1.29, 1.82) is 0 Å².